The maximum Gasteiger partial charge on any atom is 0.330 e. The molecule has 6 heteroatoms. The molecule has 0 amide bonds. The molecule has 2 rings (SSSR count). The van der Waals surface area contributed by atoms with Crippen LogP contribution in [-0.2, 0) is 14.3 Å². The Balaban J connectivity index is 1.95. The van der Waals surface area contributed by atoms with E-state index in [1.165, 1.54) is 13.2 Å². The third kappa shape index (κ3) is 5.42. The van der Waals surface area contributed by atoms with Crippen LogP contribution in [0.25, 0.3) is 6.08 Å². The minimum absolute atomic E-state index is 0.0103. The average Bonchev–Trinajstić information content (AvgIpc) is 2.59. The lowest BCUT2D eigenvalue weighted by atomic mass is 10.1. The molecule has 0 spiro atoms. The van der Waals surface area contributed by atoms with E-state index in [0.29, 0.717) is 23.1 Å². The molecule has 0 aliphatic carbocycles. The van der Waals surface area contributed by atoms with Crippen LogP contribution in [0.3, 0.4) is 0 Å². The van der Waals surface area contributed by atoms with Crippen molar-refractivity contribution in [2.24, 2.45) is 0 Å². The molecule has 1 saturated heterocycles. The monoisotopic (exact) mass is 354 g/mol. The van der Waals surface area contributed by atoms with Crippen LogP contribution in [0.1, 0.15) is 31.7 Å². The predicted molar refractivity (Wildman–Crippen MR) is 92.8 cm³/mol. The molecular formula is C18H23ClO5. The molecule has 1 fully saturated rings. The number of hydrogen-bond acceptors (Lipinski definition) is 5. The molecule has 1 atom stereocenters. The summed E-state index contributed by atoms with van der Waals surface area (Å²) in [6.07, 6.45) is 6.14. The van der Waals surface area contributed by atoms with Crippen molar-refractivity contribution < 1.29 is 23.7 Å². The Bertz CT molecular complexity index is 579. The van der Waals surface area contributed by atoms with Crippen molar-refractivity contribution in [1.29, 1.82) is 0 Å². The fourth-order valence-corrected chi connectivity index (χ4v) is 2.77. The lowest BCUT2D eigenvalue weighted by Crippen LogP contribution is -2.25. The zero-order valence-electron chi connectivity index (χ0n) is 14.0. The Morgan fingerprint density at radius 2 is 2.25 bits per heavy atom. The van der Waals surface area contributed by atoms with Crippen molar-refractivity contribution in [1.82, 2.24) is 0 Å². The van der Waals surface area contributed by atoms with Crippen LogP contribution in [0, 0.1) is 0 Å². The minimum atomic E-state index is -0.408. The van der Waals surface area contributed by atoms with Crippen molar-refractivity contribution >= 4 is 23.6 Å². The van der Waals surface area contributed by atoms with Gasteiger partial charge in [0.15, 0.2) is 11.5 Å². The van der Waals surface area contributed by atoms with Crippen LogP contribution >= 0.6 is 11.6 Å². The molecule has 0 aromatic heterocycles. The van der Waals surface area contributed by atoms with Gasteiger partial charge in [0.25, 0.3) is 0 Å². The summed E-state index contributed by atoms with van der Waals surface area (Å²) in [5.41, 5.74) is 0.732. The molecule has 132 valence electrons. The van der Waals surface area contributed by atoms with Gasteiger partial charge in [0.1, 0.15) is 6.61 Å². The highest BCUT2D eigenvalue weighted by Crippen LogP contribution is 2.36. The van der Waals surface area contributed by atoms with E-state index in [9.17, 15) is 4.79 Å². The first-order chi connectivity index (χ1) is 11.6. The summed E-state index contributed by atoms with van der Waals surface area (Å²) in [4.78, 5) is 11.8. The highest BCUT2D eigenvalue weighted by Gasteiger charge is 2.15. The summed E-state index contributed by atoms with van der Waals surface area (Å²) in [6, 6.07) is 3.47. The Labute approximate surface area is 147 Å². The van der Waals surface area contributed by atoms with E-state index in [1.807, 2.05) is 6.92 Å². The minimum Gasteiger partial charge on any atom is -0.491 e. The van der Waals surface area contributed by atoms with Crippen molar-refractivity contribution in [2.45, 2.75) is 32.3 Å². The molecule has 0 bridgehead atoms. The summed E-state index contributed by atoms with van der Waals surface area (Å²) in [5.74, 6) is 0.609. The largest absolute Gasteiger partial charge is 0.491 e. The molecule has 0 radical (unpaired) electrons. The third-order valence-corrected chi connectivity index (χ3v) is 3.91. The molecule has 1 aromatic carbocycles. The fraction of sp³-hybridized carbons (Fsp3) is 0.500. The van der Waals surface area contributed by atoms with E-state index in [0.717, 1.165) is 31.4 Å². The van der Waals surface area contributed by atoms with Gasteiger partial charge >= 0.3 is 5.97 Å². The van der Waals surface area contributed by atoms with E-state index < -0.39 is 5.97 Å². The molecule has 1 aliphatic rings. The van der Waals surface area contributed by atoms with Crippen LogP contribution in [0.15, 0.2) is 18.2 Å². The lowest BCUT2D eigenvalue weighted by Gasteiger charge is -2.21. The number of carbonyl (C=O) groups is 1. The standard InChI is InChI=1S/C18H23ClO5/c1-3-22-16-11-13(10-15(19)18(16)21-2)7-8-17(20)24-12-14-6-4-5-9-23-14/h7-8,10-11,14H,3-6,9,12H2,1-2H3/b8-7+. The number of benzene rings is 1. The first-order valence-electron chi connectivity index (χ1n) is 8.10. The van der Waals surface area contributed by atoms with Gasteiger partial charge in [-0.15, -0.1) is 0 Å². The van der Waals surface area contributed by atoms with Crippen LogP contribution in [-0.4, -0.2) is 39.0 Å². The highest BCUT2D eigenvalue weighted by molar-refractivity contribution is 6.32. The topological polar surface area (TPSA) is 54.0 Å². The molecule has 0 N–H and O–H groups in total. The summed E-state index contributed by atoms with van der Waals surface area (Å²) < 4.78 is 21.5. The van der Waals surface area contributed by atoms with E-state index >= 15 is 0 Å². The van der Waals surface area contributed by atoms with Gasteiger partial charge in [0.2, 0.25) is 0 Å². The Morgan fingerprint density at radius 1 is 1.42 bits per heavy atom. The lowest BCUT2D eigenvalue weighted by molar-refractivity contribution is -0.143. The van der Waals surface area contributed by atoms with Crippen molar-refractivity contribution in [3.05, 3.63) is 28.8 Å². The van der Waals surface area contributed by atoms with Gasteiger partial charge in [-0.3, -0.25) is 0 Å². The van der Waals surface area contributed by atoms with E-state index in [2.05, 4.69) is 0 Å². The zero-order chi connectivity index (χ0) is 17.4. The zero-order valence-corrected chi connectivity index (χ0v) is 14.8. The molecule has 24 heavy (non-hydrogen) atoms. The molecule has 1 aromatic rings. The van der Waals surface area contributed by atoms with Crippen LogP contribution in [0.2, 0.25) is 5.02 Å². The van der Waals surface area contributed by atoms with E-state index in [4.69, 9.17) is 30.5 Å². The summed E-state index contributed by atoms with van der Waals surface area (Å²) in [7, 11) is 1.53. The maximum absolute atomic E-state index is 11.8. The van der Waals surface area contributed by atoms with Gasteiger partial charge < -0.3 is 18.9 Å². The Hall–Kier alpha value is -1.72. The first-order valence-corrected chi connectivity index (χ1v) is 8.48. The van der Waals surface area contributed by atoms with Gasteiger partial charge in [0, 0.05) is 12.7 Å². The number of carbonyl (C=O) groups excluding carboxylic acids is 1. The number of ether oxygens (including phenoxy) is 4. The smallest absolute Gasteiger partial charge is 0.330 e. The van der Waals surface area contributed by atoms with Gasteiger partial charge in [-0.1, -0.05) is 11.6 Å². The van der Waals surface area contributed by atoms with Gasteiger partial charge in [0.05, 0.1) is 24.8 Å². The van der Waals surface area contributed by atoms with Crippen LogP contribution in [0.4, 0.5) is 0 Å². The number of halogens is 1. The van der Waals surface area contributed by atoms with Crippen molar-refractivity contribution in [3.8, 4) is 11.5 Å². The molecule has 0 saturated carbocycles. The van der Waals surface area contributed by atoms with Crippen LogP contribution in [0.5, 0.6) is 11.5 Å². The van der Waals surface area contributed by atoms with Crippen LogP contribution < -0.4 is 9.47 Å². The second-order valence-electron chi connectivity index (χ2n) is 5.42. The quantitative estimate of drug-likeness (QED) is 0.549. The fourth-order valence-electron chi connectivity index (χ4n) is 2.47. The second kappa shape index (κ2) is 9.55. The number of esters is 1. The normalized spacial score (nSPS) is 17.7. The predicted octanol–water partition coefficient (Wildman–Crippen LogP) is 3.87. The molecule has 1 aliphatic heterocycles. The van der Waals surface area contributed by atoms with Gasteiger partial charge in [-0.05, 0) is 50.0 Å². The summed E-state index contributed by atoms with van der Waals surface area (Å²) >= 11 is 6.18. The molecule has 1 heterocycles. The molecular weight excluding hydrogens is 332 g/mol. The number of rotatable bonds is 7. The SMILES string of the molecule is CCOc1cc(/C=C/C(=O)OCC2CCCCO2)cc(Cl)c1OC. The Kier molecular flexibility index (Phi) is 7.40. The Morgan fingerprint density at radius 3 is 2.92 bits per heavy atom. The average molecular weight is 355 g/mol. The molecule has 5 nitrogen and oxygen atoms in total. The third-order valence-electron chi connectivity index (χ3n) is 3.63. The van der Waals surface area contributed by atoms with Gasteiger partial charge in [-0.25, -0.2) is 4.79 Å². The van der Waals surface area contributed by atoms with E-state index in [-0.39, 0.29) is 12.7 Å². The summed E-state index contributed by atoms with van der Waals surface area (Å²) in [6.45, 7) is 3.39. The maximum atomic E-state index is 11.8. The number of hydrogen-bond donors (Lipinski definition) is 0. The van der Waals surface area contributed by atoms with Crippen molar-refractivity contribution in [2.75, 3.05) is 26.9 Å². The number of methoxy groups -OCH3 is 1. The van der Waals surface area contributed by atoms with Gasteiger partial charge in [-0.2, -0.15) is 0 Å². The van der Waals surface area contributed by atoms with E-state index in [1.54, 1.807) is 18.2 Å². The highest BCUT2D eigenvalue weighted by atomic mass is 35.5. The first kappa shape index (κ1) is 18.6. The van der Waals surface area contributed by atoms with Crippen molar-refractivity contribution in [3.63, 3.8) is 0 Å². The molecule has 1 unspecified atom stereocenters. The second-order valence-corrected chi connectivity index (χ2v) is 5.83. The summed E-state index contributed by atoms with van der Waals surface area (Å²) in [5, 5.41) is 0.423.